The monoisotopic (exact) mass is 628 g/mol. The molecule has 0 saturated carbocycles. The first-order valence-corrected chi connectivity index (χ1v) is 14.4. The van der Waals surface area contributed by atoms with E-state index in [1.807, 2.05) is 66.7 Å². The molecule has 0 bridgehead atoms. The molecule has 14 heteroatoms. The molecule has 47 heavy (non-hydrogen) atoms. The van der Waals surface area contributed by atoms with Gasteiger partial charge in [0, 0.05) is 36.9 Å². The number of hydrogen-bond donors (Lipinski definition) is 3. The van der Waals surface area contributed by atoms with Gasteiger partial charge in [0.15, 0.2) is 11.3 Å². The Balaban J connectivity index is 0.000000172. The van der Waals surface area contributed by atoms with Crippen molar-refractivity contribution in [2.24, 2.45) is 0 Å². The second-order valence-corrected chi connectivity index (χ2v) is 10.0. The van der Waals surface area contributed by atoms with Crippen molar-refractivity contribution in [3.8, 4) is 0 Å². The van der Waals surface area contributed by atoms with Crippen molar-refractivity contribution in [2.45, 2.75) is 19.7 Å². The zero-order valence-electron chi connectivity index (χ0n) is 24.8. The SMILES string of the molecule is O=c1cc(NCc2ccccn2)c2cncnc2n1O.O=c1cc(NCc2ccccn2)c2cncnc2n1OCc1ccccc1. The van der Waals surface area contributed by atoms with E-state index < -0.39 is 5.56 Å². The number of rotatable bonds is 9. The average molecular weight is 629 g/mol. The molecule has 0 fully saturated rings. The van der Waals surface area contributed by atoms with Gasteiger partial charge >= 0.3 is 0 Å². The average Bonchev–Trinajstić information content (AvgIpc) is 3.13. The Morgan fingerprint density at radius 1 is 0.660 bits per heavy atom. The smallest absolute Gasteiger partial charge is 0.287 e. The van der Waals surface area contributed by atoms with Gasteiger partial charge < -0.3 is 20.7 Å². The molecule has 0 unspecified atom stereocenters. The van der Waals surface area contributed by atoms with Crippen molar-refractivity contribution in [1.82, 2.24) is 39.4 Å². The van der Waals surface area contributed by atoms with Crippen LogP contribution in [-0.4, -0.2) is 44.6 Å². The van der Waals surface area contributed by atoms with Crippen LogP contribution in [0, 0.1) is 0 Å². The van der Waals surface area contributed by atoms with Gasteiger partial charge in [0.05, 0.1) is 46.6 Å². The molecule has 3 N–H and O–H groups in total. The lowest BCUT2D eigenvalue weighted by atomic mass is 10.2. The van der Waals surface area contributed by atoms with Crippen LogP contribution in [0.15, 0.2) is 126 Å². The highest BCUT2D eigenvalue weighted by Gasteiger charge is 2.12. The largest absolute Gasteiger partial charge is 0.423 e. The van der Waals surface area contributed by atoms with Crippen LogP contribution in [0.2, 0.25) is 0 Å². The summed E-state index contributed by atoms with van der Waals surface area (Å²) in [6.07, 6.45) is 9.29. The second kappa shape index (κ2) is 14.4. The van der Waals surface area contributed by atoms with Crippen LogP contribution in [0.4, 0.5) is 11.4 Å². The molecule has 0 amide bonds. The number of pyridine rings is 4. The van der Waals surface area contributed by atoms with Gasteiger partial charge in [0.1, 0.15) is 19.3 Å². The predicted octanol–water partition coefficient (Wildman–Crippen LogP) is 3.46. The molecule has 0 aliphatic rings. The zero-order valence-corrected chi connectivity index (χ0v) is 24.8. The minimum atomic E-state index is -0.556. The number of anilines is 2. The molecule has 14 nitrogen and oxygen atoms in total. The summed E-state index contributed by atoms with van der Waals surface area (Å²) >= 11 is 0. The molecule has 0 radical (unpaired) electrons. The lowest BCUT2D eigenvalue weighted by molar-refractivity contribution is 0.0980. The summed E-state index contributed by atoms with van der Waals surface area (Å²) in [7, 11) is 0. The van der Waals surface area contributed by atoms with E-state index in [-0.39, 0.29) is 17.8 Å². The molecule has 1 aromatic carbocycles. The third-order valence-electron chi connectivity index (χ3n) is 6.88. The maximum Gasteiger partial charge on any atom is 0.287 e. The lowest BCUT2D eigenvalue weighted by Gasteiger charge is -2.14. The summed E-state index contributed by atoms with van der Waals surface area (Å²) in [5, 5.41) is 17.2. The minimum Gasteiger partial charge on any atom is -0.423 e. The second-order valence-electron chi connectivity index (χ2n) is 10.0. The Bertz CT molecular complexity index is 2210. The molecule has 7 aromatic rings. The molecule has 0 aliphatic heterocycles. The van der Waals surface area contributed by atoms with Gasteiger partial charge in [0.25, 0.3) is 11.1 Å². The summed E-state index contributed by atoms with van der Waals surface area (Å²) < 4.78 is 1.71. The molecular weight excluding hydrogens is 600 g/mol. The van der Waals surface area contributed by atoms with Gasteiger partial charge in [-0.3, -0.25) is 19.6 Å². The molecule has 0 aliphatic carbocycles. The van der Waals surface area contributed by atoms with Crippen LogP contribution in [0.25, 0.3) is 22.1 Å². The molecule has 7 rings (SSSR count). The standard InChI is InChI=1S/C20H17N5O2.C13H11N5O2/c26-19-10-18(23-11-16-8-4-5-9-22-16)17-12-21-14-24-20(17)25(19)27-13-15-6-2-1-3-7-15;19-12-5-11(16-6-9-3-1-2-4-15-9)10-7-14-8-17-13(10)18(12)20/h1-10,12,14,23H,11,13H2;1-5,7-8,16,20H,6H2. The maximum atomic E-state index is 12.6. The number of aromatic nitrogens is 8. The quantitative estimate of drug-likeness (QED) is 0.199. The summed E-state index contributed by atoms with van der Waals surface area (Å²) in [6.45, 7) is 1.21. The molecule has 6 aromatic heterocycles. The van der Waals surface area contributed by atoms with Crippen molar-refractivity contribution < 1.29 is 10.0 Å². The Kier molecular flexibility index (Phi) is 9.28. The van der Waals surface area contributed by atoms with Gasteiger partial charge in [-0.2, -0.15) is 0 Å². The van der Waals surface area contributed by atoms with Gasteiger partial charge in [0.2, 0.25) is 0 Å². The first-order chi connectivity index (χ1) is 23.1. The number of nitrogens with zero attached hydrogens (tertiary/aromatic N) is 8. The Morgan fingerprint density at radius 2 is 1.21 bits per heavy atom. The maximum absolute atomic E-state index is 12.6. The highest BCUT2D eigenvalue weighted by Crippen LogP contribution is 2.20. The summed E-state index contributed by atoms with van der Waals surface area (Å²) in [6, 6.07) is 23.7. The number of benzene rings is 1. The third kappa shape index (κ3) is 7.34. The lowest BCUT2D eigenvalue weighted by Crippen LogP contribution is -2.28. The zero-order chi connectivity index (χ0) is 32.4. The topological polar surface area (TPSA) is 175 Å². The normalized spacial score (nSPS) is 10.6. The molecule has 6 heterocycles. The van der Waals surface area contributed by atoms with E-state index in [0.29, 0.717) is 45.6 Å². The molecule has 0 atom stereocenters. The number of nitrogens with one attached hydrogen (secondary N) is 2. The molecule has 234 valence electrons. The van der Waals surface area contributed by atoms with E-state index >= 15 is 0 Å². The van der Waals surface area contributed by atoms with Gasteiger partial charge in [-0.15, -0.1) is 9.46 Å². The van der Waals surface area contributed by atoms with Crippen molar-refractivity contribution in [1.29, 1.82) is 0 Å². The summed E-state index contributed by atoms with van der Waals surface area (Å²) in [5.41, 5.74) is 3.58. The molecule has 0 saturated heterocycles. The van der Waals surface area contributed by atoms with Crippen molar-refractivity contribution >= 4 is 33.4 Å². The van der Waals surface area contributed by atoms with Gasteiger partial charge in [-0.05, 0) is 29.8 Å². The van der Waals surface area contributed by atoms with Crippen LogP contribution in [0.1, 0.15) is 17.0 Å². The van der Waals surface area contributed by atoms with Crippen LogP contribution < -0.4 is 26.6 Å². The van der Waals surface area contributed by atoms with Crippen LogP contribution in [0.5, 0.6) is 0 Å². The Labute approximate surface area is 267 Å². The van der Waals surface area contributed by atoms with E-state index in [0.717, 1.165) is 17.0 Å². The molecule has 0 spiro atoms. The van der Waals surface area contributed by atoms with Gasteiger partial charge in [-0.1, -0.05) is 42.5 Å². The fraction of sp³-hybridized carbons (Fsp3) is 0.0909. The fourth-order valence-corrected chi connectivity index (χ4v) is 4.60. The number of hydrogen-bond acceptors (Lipinski definition) is 12. The Morgan fingerprint density at radius 3 is 1.81 bits per heavy atom. The van der Waals surface area contributed by atoms with Crippen molar-refractivity contribution in [3.63, 3.8) is 0 Å². The van der Waals surface area contributed by atoms with Crippen LogP contribution in [0.3, 0.4) is 0 Å². The molecular formula is C33H28N10O4. The summed E-state index contributed by atoms with van der Waals surface area (Å²) in [5.74, 6) is 0. The van der Waals surface area contributed by atoms with Crippen LogP contribution >= 0.6 is 0 Å². The minimum absolute atomic E-state index is 0.163. The van der Waals surface area contributed by atoms with E-state index in [1.54, 1.807) is 18.6 Å². The van der Waals surface area contributed by atoms with Crippen molar-refractivity contribution in [2.75, 3.05) is 10.6 Å². The first-order valence-electron chi connectivity index (χ1n) is 14.4. The fourth-order valence-electron chi connectivity index (χ4n) is 4.60. The highest BCUT2D eigenvalue weighted by molar-refractivity contribution is 5.88. The van der Waals surface area contributed by atoms with E-state index in [4.69, 9.17) is 4.84 Å². The van der Waals surface area contributed by atoms with E-state index in [9.17, 15) is 14.8 Å². The predicted molar refractivity (Wildman–Crippen MR) is 175 cm³/mol. The van der Waals surface area contributed by atoms with E-state index in [2.05, 4.69) is 40.5 Å². The van der Waals surface area contributed by atoms with Gasteiger partial charge in [-0.25, -0.2) is 19.9 Å². The number of fused-ring (bicyclic) bond motifs is 2. The van der Waals surface area contributed by atoms with E-state index in [1.165, 1.54) is 35.7 Å². The highest BCUT2D eigenvalue weighted by atomic mass is 16.7. The van der Waals surface area contributed by atoms with Crippen molar-refractivity contribution in [3.05, 3.63) is 154 Å². The first kappa shape index (κ1) is 30.3. The third-order valence-corrected chi connectivity index (χ3v) is 6.88. The Hall–Kier alpha value is -6.70. The summed E-state index contributed by atoms with van der Waals surface area (Å²) in [4.78, 5) is 54.6. The van der Waals surface area contributed by atoms with Crippen LogP contribution in [-0.2, 0) is 19.7 Å².